The van der Waals surface area contributed by atoms with Gasteiger partial charge < -0.3 is 4.74 Å². The fourth-order valence-corrected chi connectivity index (χ4v) is 5.17. The van der Waals surface area contributed by atoms with Gasteiger partial charge in [0.05, 0.1) is 19.8 Å². The van der Waals surface area contributed by atoms with Gasteiger partial charge in [-0.15, -0.1) is 22.7 Å². The number of likely N-dealkylation sites (tertiary alicyclic amines) is 1. The quantitative estimate of drug-likeness (QED) is 0.849. The van der Waals surface area contributed by atoms with Gasteiger partial charge in [-0.25, -0.2) is 4.98 Å². The van der Waals surface area contributed by atoms with Crippen LogP contribution < -0.4 is 0 Å². The zero-order valence-corrected chi connectivity index (χ0v) is 15.0. The first-order valence-corrected chi connectivity index (χ1v) is 10.0. The van der Waals surface area contributed by atoms with Gasteiger partial charge in [-0.2, -0.15) is 0 Å². The number of hydrogen-bond acceptors (Lipinski definition) is 6. The molecule has 2 aromatic rings. The van der Waals surface area contributed by atoms with Crippen molar-refractivity contribution in [1.82, 2.24) is 14.8 Å². The molecule has 0 amide bonds. The molecule has 0 N–H and O–H groups in total. The number of nitrogens with zero attached hydrogens (tertiary/aromatic N) is 3. The third-order valence-corrected chi connectivity index (χ3v) is 6.46. The fourth-order valence-electron chi connectivity index (χ4n) is 3.77. The van der Waals surface area contributed by atoms with Crippen LogP contribution in [0.15, 0.2) is 29.1 Å². The van der Waals surface area contributed by atoms with Crippen LogP contribution in [0.25, 0.3) is 0 Å². The molecule has 0 bridgehead atoms. The van der Waals surface area contributed by atoms with Crippen molar-refractivity contribution in [3.05, 3.63) is 39.0 Å². The SMILES string of the molecule is c1csc(CN2CCOC[C@]3(CCN(Cc4nccs4)C3)C2)c1. The Morgan fingerprint density at radius 3 is 2.83 bits per heavy atom. The second-order valence-corrected chi connectivity index (χ2v) is 8.74. The highest BCUT2D eigenvalue weighted by atomic mass is 32.1. The second-order valence-electron chi connectivity index (χ2n) is 6.73. The van der Waals surface area contributed by atoms with E-state index >= 15 is 0 Å². The molecule has 124 valence electrons. The van der Waals surface area contributed by atoms with E-state index in [9.17, 15) is 0 Å². The molecule has 4 rings (SSSR count). The molecule has 2 aromatic heterocycles. The molecular weight excluding hydrogens is 326 g/mol. The molecule has 0 aliphatic carbocycles. The van der Waals surface area contributed by atoms with Crippen molar-refractivity contribution >= 4 is 22.7 Å². The summed E-state index contributed by atoms with van der Waals surface area (Å²) < 4.78 is 5.99. The van der Waals surface area contributed by atoms with E-state index in [0.717, 1.165) is 52.5 Å². The van der Waals surface area contributed by atoms with Crippen molar-refractivity contribution < 1.29 is 4.74 Å². The molecule has 0 radical (unpaired) electrons. The number of rotatable bonds is 4. The molecule has 0 saturated carbocycles. The lowest BCUT2D eigenvalue weighted by Crippen LogP contribution is -2.40. The predicted molar refractivity (Wildman–Crippen MR) is 94.9 cm³/mol. The Labute approximate surface area is 145 Å². The maximum Gasteiger partial charge on any atom is 0.107 e. The van der Waals surface area contributed by atoms with Crippen molar-refractivity contribution in [3.63, 3.8) is 0 Å². The molecule has 2 saturated heterocycles. The zero-order chi connectivity index (χ0) is 15.5. The van der Waals surface area contributed by atoms with Gasteiger partial charge in [-0.05, 0) is 24.4 Å². The summed E-state index contributed by atoms with van der Waals surface area (Å²) in [5, 5.41) is 5.47. The van der Waals surface area contributed by atoms with E-state index in [1.165, 1.54) is 16.3 Å². The minimum absolute atomic E-state index is 0.297. The maximum absolute atomic E-state index is 5.99. The largest absolute Gasteiger partial charge is 0.379 e. The van der Waals surface area contributed by atoms with E-state index in [-0.39, 0.29) is 0 Å². The first-order chi connectivity index (χ1) is 11.3. The van der Waals surface area contributed by atoms with Crippen molar-refractivity contribution in [2.75, 3.05) is 39.4 Å². The molecule has 23 heavy (non-hydrogen) atoms. The number of aromatic nitrogens is 1. The summed E-state index contributed by atoms with van der Waals surface area (Å²) in [5.41, 5.74) is 0.297. The molecule has 2 aliphatic rings. The van der Waals surface area contributed by atoms with Crippen LogP contribution in [0.4, 0.5) is 0 Å². The lowest BCUT2D eigenvalue weighted by molar-refractivity contribution is 0.0706. The van der Waals surface area contributed by atoms with Gasteiger partial charge in [0, 0.05) is 48.0 Å². The van der Waals surface area contributed by atoms with Gasteiger partial charge in [-0.1, -0.05) is 6.07 Å². The van der Waals surface area contributed by atoms with Crippen LogP contribution in [-0.4, -0.2) is 54.2 Å². The van der Waals surface area contributed by atoms with Crippen LogP contribution in [0.5, 0.6) is 0 Å². The number of thiophene rings is 1. The average molecular weight is 350 g/mol. The van der Waals surface area contributed by atoms with E-state index in [1.807, 2.05) is 17.5 Å². The second kappa shape index (κ2) is 6.99. The minimum atomic E-state index is 0.297. The Balaban J connectivity index is 1.40. The normalized spacial score (nSPS) is 26.8. The summed E-state index contributed by atoms with van der Waals surface area (Å²) in [6, 6.07) is 4.39. The van der Waals surface area contributed by atoms with Gasteiger partial charge in [0.25, 0.3) is 0 Å². The molecule has 2 aliphatic heterocycles. The predicted octanol–water partition coefficient (Wildman–Crippen LogP) is 2.93. The van der Waals surface area contributed by atoms with Gasteiger partial charge in [0.2, 0.25) is 0 Å². The van der Waals surface area contributed by atoms with Crippen LogP contribution in [0.2, 0.25) is 0 Å². The standard InChI is InChI=1S/C17H23N3OS2/c1-2-15(22-8-1)10-20-6-7-21-14-17(13-20)3-5-19(12-17)11-16-18-4-9-23-16/h1-2,4,8-9H,3,5-7,10-14H2/t17-/m0/s1. The Bertz CT molecular complexity index is 601. The van der Waals surface area contributed by atoms with Gasteiger partial charge in [0.15, 0.2) is 0 Å². The third-order valence-electron chi connectivity index (χ3n) is 4.84. The third kappa shape index (κ3) is 3.83. The highest BCUT2D eigenvalue weighted by Crippen LogP contribution is 2.34. The fraction of sp³-hybridized carbons (Fsp3) is 0.588. The van der Waals surface area contributed by atoms with Crippen molar-refractivity contribution in [2.45, 2.75) is 19.5 Å². The summed E-state index contributed by atoms with van der Waals surface area (Å²) in [5.74, 6) is 0. The van der Waals surface area contributed by atoms with Crippen LogP contribution >= 0.6 is 22.7 Å². The molecule has 6 heteroatoms. The Hall–Kier alpha value is -0.790. The van der Waals surface area contributed by atoms with Gasteiger partial charge in [-0.3, -0.25) is 9.80 Å². The lowest BCUT2D eigenvalue weighted by atomic mass is 9.87. The molecule has 2 fully saturated rings. The Morgan fingerprint density at radius 2 is 2.04 bits per heavy atom. The van der Waals surface area contributed by atoms with Crippen molar-refractivity contribution in [2.24, 2.45) is 5.41 Å². The topological polar surface area (TPSA) is 28.6 Å². The van der Waals surface area contributed by atoms with E-state index in [4.69, 9.17) is 4.74 Å². The summed E-state index contributed by atoms with van der Waals surface area (Å²) in [6.45, 7) is 8.32. The van der Waals surface area contributed by atoms with Crippen molar-refractivity contribution in [3.8, 4) is 0 Å². The number of ether oxygens (including phenoxy) is 1. The smallest absolute Gasteiger partial charge is 0.107 e. The van der Waals surface area contributed by atoms with E-state index in [1.54, 1.807) is 11.3 Å². The van der Waals surface area contributed by atoms with Crippen molar-refractivity contribution in [1.29, 1.82) is 0 Å². The molecular formula is C17H23N3OS2. The zero-order valence-electron chi connectivity index (χ0n) is 13.3. The molecule has 1 atom stereocenters. The maximum atomic E-state index is 5.99. The monoisotopic (exact) mass is 349 g/mol. The molecule has 4 nitrogen and oxygen atoms in total. The first-order valence-electron chi connectivity index (χ1n) is 8.25. The highest BCUT2D eigenvalue weighted by Gasteiger charge is 2.41. The van der Waals surface area contributed by atoms with Crippen LogP contribution in [0.1, 0.15) is 16.3 Å². The number of thiazole rings is 1. The average Bonchev–Trinajstić information content (AvgIpc) is 3.25. The van der Waals surface area contributed by atoms with E-state index < -0.39 is 0 Å². The summed E-state index contributed by atoms with van der Waals surface area (Å²) >= 11 is 3.62. The molecule has 1 spiro atoms. The van der Waals surface area contributed by atoms with Gasteiger partial charge >= 0.3 is 0 Å². The molecule has 0 unspecified atom stereocenters. The minimum Gasteiger partial charge on any atom is -0.379 e. The summed E-state index contributed by atoms with van der Waals surface area (Å²) in [4.78, 5) is 11.0. The molecule has 0 aromatic carbocycles. The number of hydrogen-bond donors (Lipinski definition) is 0. The summed E-state index contributed by atoms with van der Waals surface area (Å²) in [7, 11) is 0. The van der Waals surface area contributed by atoms with Gasteiger partial charge in [0.1, 0.15) is 5.01 Å². The highest BCUT2D eigenvalue weighted by molar-refractivity contribution is 7.10. The summed E-state index contributed by atoms with van der Waals surface area (Å²) in [6.07, 6.45) is 3.14. The van der Waals surface area contributed by atoms with E-state index in [2.05, 4.69) is 37.7 Å². The van der Waals surface area contributed by atoms with E-state index in [0.29, 0.717) is 5.41 Å². The molecule has 4 heterocycles. The Kier molecular flexibility index (Phi) is 4.78. The Morgan fingerprint density at radius 1 is 1.13 bits per heavy atom. The first kappa shape index (κ1) is 15.7. The van der Waals surface area contributed by atoms with Crippen LogP contribution in [0.3, 0.4) is 0 Å². The van der Waals surface area contributed by atoms with Crippen LogP contribution in [-0.2, 0) is 17.8 Å². The van der Waals surface area contributed by atoms with Crippen LogP contribution in [0, 0.1) is 5.41 Å². The lowest BCUT2D eigenvalue weighted by Gasteiger charge is -2.31.